The minimum absolute atomic E-state index is 0.0743. The first-order chi connectivity index (χ1) is 9.91. The average Bonchev–Trinajstić information content (AvgIpc) is 2.45. The topological polar surface area (TPSA) is 71.1 Å². The van der Waals surface area contributed by atoms with E-state index in [1.165, 1.54) is 31.3 Å². The minimum Gasteiger partial charge on any atom is -0.349 e. The van der Waals surface area contributed by atoms with Crippen molar-refractivity contribution < 1.29 is 17.2 Å². The molecule has 8 heteroatoms. The van der Waals surface area contributed by atoms with E-state index in [4.69, 9.17) is 0 Å². The first kappa shape index (κ1) is 15.2. The Labute approximate surface area is 121 Å². The maximum atomic E-state index is 13.5. The van der Waals surface area contributed by atoms with Crippen LogP contribution in [-0.2, 0) is 10.0 Å². The highest BCUT2D eigenvalue weighted by molar-refractivity contribution is 7.92. The molecule has 0 saturated carbocycles. The molecule has 0 radical (unpaired) electrons. The van der Waals surface area contributed by atoms with Crippen LogP contribution in [0.2, 0.25) is 0 Å². The summed E-state index contributed by atoms with van der Waals surface area (Å²) in [5.74, 6) is -1.40. The van der Waals surface area contributed by atoms with Crippen molar-refractivity contribution in [2.75, 3.05) is 15.8 Å². The number of rotatable bonds is 5. The van der Waals surface area contributed by atoms with Gasteiger partial charge in [0.25, 0.3) is 0 Å². The number of halogens is 2. The van der Waals surface area contributed by atoms with Gasteiger partial charge in [0.15, 0.2) is 0 Å². The van der Waals surface area contributed by atoms with Gasteiger partial charge in [-0.15, -0.1) is 0 Å². The largest absolute Gasteiger partial charge is 0.349 e. The number of nitrogens with zero attached hydrogens (tertiary/aromatic N) is 1. The number of nitrogens with one attached hydrogen (secondary N) is 2. The normalized spacial score (nSPS) is 11.2. The molecule has 2 N–H and O–H groups in total. The second-order valence-electron chi connectivity index (χ2n) is 4.16. The molecule has 112 valence electrons. The molecule has 1 aromatic heterocycles. The summed E-state index contributed by atoms with van der Waals surface area (Å²) < 4.78 is 51.9. The third-order valence-corrected chi connectivity index (χ3v) is 3.92. The Morgan fingerprint density at radius 2 is 1.81 bits per heavy atom. The summed E-state index contributed by atoms with van der Waals surface area (Å²) in [6.07, 6.45) is 1.28. The van der Waals surface area contributed by atoms with Crippen molar-refractivity contribution in [1.82, 2.24) is 4.98 Å². The van der Waals surface area contributed by atoms with E-state index < -0.39 is 21.7 Å². The third-order valence-electron chi connectivity index (χ3n) is 2.64. The van der Waals surface area contributed by atoms with Gasteiger partial charge >= 0.3 is 0 Å². The van der Waals surface area contributed by atoms with Crippen molar-refractivity contribution in [2.24, 2.45) is 0 Å². The van der Waals surface area contributed by atoms with Crippen molar-refractivity contribution in [1.29, 1.82) is 0 Å². The Kier molecular flexibility index (Phi) is 4.37. The molecule has 0 fully saturated rings. The maximum absolute atomic E-state index is 13.5. The zero-order valence-corrected chi connectivity index (χ0v) is 11.9. The molecule has 0 aliphatic rings. The summed E-state index contributed by atoms with van der Waals surface area (Å²) in [7, 11) is -3.41. The van der Waals surface area contributed by atoms with E-state index in [2.05, 4.69) is 15.0 Å². The summed E-state index contributed by atoms with van der Waals surface area (Å²) in [6, 6.07) is 6.38. The first-order valence-corrected chi connectivity index (χ1v) is 7.74. The number of aromatic nitrogens is 1. The summed E-state index contributed by atoms with van der Waals surface area (Å²) in [6.45, 7) is 1.50. The molecule has 1 heterocycles. The highest BCUT2D eigenvalue weighted by Crippen LogP contribution is 2.23. The number of hydrogen-bond donors (Lipinski definition) is 2. The van der Waals surface area contributed by atoms with Crippen LogP contribution in [-0.4, -0.2) is 19.2 Å². The fraction of sp³-hybridized carbons (Fsp3) is 0.154. The molecule has 0 aliphatic carbocycles. The predicted octanol–water partition coefficient (Wildman–Crippen LogP) is 2.87. The van der Waals surface area contributed by atoms with E-state index in [0.29, 0.717) is 5.69 Å². The highest BCUT2D eigenvalue weighted by atomic mass is 32.2. The van der Waals surface area contributed by atoms with Gasteiger partial charge in [-0.05, 0) is 31.2 Å². The highest BCUT2D eigenvalue weighted by Gasteiger charge is 2.10. The lowest BCUT2D eigenvalue weighted by molar-refractivity contribution is 0.590. The molecular weight excluding hydrogens is 300 g/mol. The van der Waals surface area contributed by atoms with Crippen molar-refractivity contribution in [3.8, 4) is 0 Å². The second kappa shape index (κ2) is 6.04. The van der Waals surface area contributed by atoms with Crippen LogP contribution in [0.5, 0.6) is 0 Å². The van der Waals surface area contributed by atoms with Gasteiger partial charge in [0.05, 0.1) is 17.6 Å². The van der Waals surface area contributed by atoms with Crippen LogP contribution in [0, 0.1) is 11.6 Å². The summed E-state index contributed by atoms with van der Waals surface area (Å²) in [5, 5.41) is 2.55. The van der Waals surface area contributed by atoms with Gasteiger partial charge in [-0.3, -0.25) is 4.72 Å². The van der Waals surface area contributed by atoms with E-state index in [-0.39, 0.29) is 17.3 Å². The van der Waals surface area contributed by atoms with E-state index in [9.17, 15) is 17.2 Å². The van der Waals surface area contributed by atoms with Gasteiger partial charge in [-0.2, -0.15) is 0 Å². The molecule has 0 bridgehead atoms. The van der Waals surface area contributed by atoms with E-state index in [1.807, 2.05) is 0 Å². The van der Waals surface area contributed by atoms with Crippen LogP contribution in [0.25, 0.3) is 0 Å². The smallest absolute Gasteiger partial charge is 0.233 e. The molecule has 0 amide bonds. The second-order valence-corrected chi connectivity index (χ2v) is 6.17. The Morgan fingerprint density at radius 1 is 1.14 bits per heavy atom. The summed E-state index contributed by atoms with van der Waals surface area (Å²) in [4.78, 5) is 3.87. The average molecular weight is 313 g/mol. The van der Waals surface area contributed by atoms with Gasteiger partial charge in [0, 0.05) is 0 Å². The quantitative estimate of drug-likeness (QED) is 0.890. The van der Waals surface area contributed by atoms with Gasteiger partial charge in [-0.1, -0.05) is 6.07 Å². The number of hydrogen-bond acceptors (Lipinski definition) is 4. The first-order valence-electron chi connectivity index (χ1n) is 6.09. The van der Waals surface area contributed by atoms with Crippen molar-refractivity contribution in [3.05, 3.63) is 48.2 Å². The molecule has 21 heavy (non-hydrogen) atoms. The molecular formula is C13H13F2N3O2S. The fourth-order valence-electron chi connectivity index (χ4n) is 1.52. The van der Waals surface area contributed by atoms with Gasteiger partial charge in [-0.25, -0.2) is 22.2 Å². The Bertz CT molecular complexity index is 713. The van der Waals surface area contributed by atoms with Crippen LogP contribution >= 0.6 is 0 Å². The third kappa shape index (κ3) is 3.88. The number of sulfonamides is 1. The SMILES string of the molecule is CCS(=O)(=O)Nc1ccc(Nc2c(F)cccc2F)cn1. The van der Waals surface area contributed by atoms with E-state index in [0.717, 1.165) is 12.1 Å². The number of para-hydroxylation sites is 1. The number of benzene rings is 1. The van der Waals surface area contributed by atoms with Crippen molar-refractivity contribution in [2.45, 2.75) is 6.92 Å². The zero-order valence-electron chi connectivity index (χ0n) is 11.1. The lowest BCUT2D eigenvalue weighted by Crippen LogP contribution is -2.15. The molecule has 2 aromatic rings. The molecule has 2 rings (SSSR count). The molecule has 0 saturated heterocycles. The molecule has 0 aliphatic heterocycles. The molecule has 0 spiro atoms. The summed E-state index contributed by atoms with van der Waals surface area (Å²) in [5.41, 5.74) is 0.0413. The molecule has 1 aromatic carbocycles. The fourth-order valence-corrected chi connectivity index (χ4v) is 2.10. The van der Waals surface area contributed by atoms with Crippen LogP contribution < -0.4 is 10.0 Å². The lowest BCUT2D eigenvalue weighted by Gasteiger charge is -2.09. The van der Waals surface area contributed by atoms with Crippen LogP contribution in [0.1, 0.15) is 6.92 Å². The van der Waals surface area contributed by atoms with E-state index in [1.54, 1.807) is 0 Å². The number of anilines is 3. The molecule has 0 atom stereocenters. The van der Waals surface area contributed by atoms with Crippen LogP contribution in [0.15, 0.2) is 36.5 Å². The summed E-state index contributed by atoms with van der Waals surface area (Å²) >= 11 is 0. The minimum atomic E-state index is -3.41. The lowest BCUT2D eigenvalue weighted by atomic mass is 10.2. The zero-order chi connectivity index (χ0) is 15.5. The standard InChI is InChI=1S/C13H13F2N3O2S/c1-2-21(19,20)18-12-7-6-9(8-16-12)17-13-10(14)4-3-5-11(13)15/h3-8,17H,2H2,1H3,(H,16,18). The van der Waals surface area contributed by atoms with Crippen molar-refractivity contribution in [3.63, 3.8) is 0 Å². The van der Waals surface area contributed by atoms with Gasteiger partial charge < -0.3 is 5.32 Å². The van der Waals surface area contributed by atoms with Crippen LogP contribution in [0.3, 0.4) is 0 Å². The maximum Gasteiger partial charge on any atom is 0.233 e. The Morgan fingerprint density at radius 3 is 2.33 bits per heavy atom. The molecule has 0 unspecified atom stereocenters. The molecule has 5 nitrogen and oxygen atoms in total. The monoisotopic (exact) mass is 313 g/mol. The number of pyridine rings is 1. The Balaban J connectivity index is 2.17. The van der Waals surface area contributed by atoms with Gasteiger partial charge in [0.1, 0.15) is 23.1 Å². The van der Waals surface area contributed by atoms with E-state index >= 15 is 0 Å². The predicted molar refractivity (Wildman–Crippen MR) is 77.0 cm³/mol. The van der Waals surface area contributed by atoms with Crippen molar-refractivity contribution >= 4 is 27.2 Å². The van der Waals surface area contributed by atoms with Crippen LogP contribution in [0.4, 0.5) is 26.0 Å². The Hall–Kier alpha value is -2.22. The van der Waals surface area contributed by atoms with Gasteiger partial charge in [0.2, 0.25) is 10.0 Å².